The van der Waals surface area contributed by atoms with Crippen LogP contribution >= 0.6 is 0 Å². The molecule has 3 heteroatoms. The van der Waals surface area contributed by atoms with Crippen molar-refractivity contribution in [1.29, 1.82) is 0 Å². The second-order valence-electron chi connectivity index (χ2n) is 4.24. The van der Waals surface area contributed by atoms with E-state index in [1.54, 1.807) is 24.3 Å². The first-order chi connectivity index (χ1) is 8.74. The van der Waals surface area contributed by atoms with Gasteiger partial charge >= 0.3 is 0 Å². The minimum Gasteiger partial charge on any atom is -0.508 e. The van der Waals surface area contributed by atoms with Crippen LogP contribution in [0.4, 0.5) is 5.69 Å². The zero-order valence-corrected chi connectivity index (χ0v) is 10.2. The first-order valence-corrected chi connectivity index (χ1v) is 5.97. The third-order valence-corrected chi connectivity index (χ3v) is 3.10. The van der Waals surface area contributed by atoms with Crippen LogP contribution in [0.2, 0.25) is 0 Å². The van der Waals surface area contributed by atoms with Gasteiger partial charge in [-0.1, -0.05) is 31.2 Å². The molecular formula is C15H15NO2. The lowest BCUT2D eigenvalue weighted by atomic mass is 9.89. The van der Waals surface area contributed by atoms with Crippen LogP contribution in [0, 0.1) is 4.91 Å². The maximum atomic E-state index is 10.4. The van der Waals surface area contributed by atoms with Crippen molar-refractivity contribution >= 4 is 5.69 Å². The van der Waals surface area contributed by atoms with E-state index in [9.17, 15) is 10.0 Å². The highest BCUT2D eigenvalue weighted by Gasteiger charge is 2.11. The molecule has 0 aliphatic heterocycles. The van der Waals surface area contributed by atoms with Gasteiger partial charge in [-0.15, -0.1) is 4.91 Å². The Morgan fingerprint density at radius 3 is 1.94 bits per heavy atom. The molecule has 18 heavy (non-hydrogen) atoms. The van der Waals surface area contributed by atoms with Crippen molar-refractivity contribution in [3.63, 3.8) is 0 Å². The van der Waals surface area contributed by atoms with Gasteiger partial charge in [-0.05, 0) is 47.0 Å². The van der Waals surface area contributed by atoms with Crippen LogP contribution in [0.1, 0.15) is 30.4 Å². The quantitative estimate of drug-likeness (QED) is 0.810. The standard InChI is InChI=1S/C15H15NO2/c1-2-15(12-5-9-14(17)10-6-12)11-3-7-13(16-18)8-4-11/h3-10,15,17H,2H2,1H3. The van der Waals surface area contributed by atoms with Gasteiger partial charge in [-0.2, -0.15) is 0 Å². The van der Waals surface area contributed by atoms with Crippen molar-refractivity contribution in [1.82, 2.24) is 0 Å². The molecule has 0 fully saturated rings. The molecule has 2 aromatic carbocycles. The van der Waals surface area contributed by atoms with Crippen LogP contribution in [0.15, 0.2) is 53.7 Å². The lowest BCUT2D eigenvalue weighted by Crippen LogP contribution is -1.98. The van der Waals surface area contributed by atoms with Crippen LogP contribution in [0.3, 0.4) is 0 Å². The van der Waals surface area contributed by atoms with Crippen LogP contribution in [0.25, 0.3) is 0 Å². The number of phenols is 1. The molecule has 0 saturated carbocycles. The van der Waals surface area contributed by atoms with E-state index in [0.29, 0.717) is 5.69 Å². The number of phenolic OH excluding ortho intramolecular Hbond substituents is 1. The highest BCUT2D eigenvalue weighted by atomic mass is 16.3. The average Bonchev–Trinajstić information content (AvgIpc) is 2.42. The molecule has 1 N–H and O–H groups in total. The summed E-state index contributed by atoms with van der Waals surface area (Å²) in [5, 5.41) is 12.2. The highest BCUT2D eigenvalue weighted by Crippen LogP contribution is 2.29. The third-order valence-electron chi connectivity index (χ3n) is 3.10. The van der Waals surface area contributed by atoms with Crippen molar-refractivity contribution < 1.29 is 5.11 Å². The Morgan fingerprint density at radius 1 is 1.00 bits per heavy atom. The van der Waals surface area contributed by atoms with E-state index in [4.69, 9.17) is 0 Å². The Balaban J connectivity index is 2.32. The molecule has 0 spiro atoms. The minimum atomic E-state index is 0.270. The van der Waals surface area contributed by atoms with E-state index in [1.807, 2.05) is 24.3 Å². The average molecular weight is 241 g/mol. The number of aromatic hydroxyl groups is 1. The fraction of sp³-hybridized carbons (Fsp3) is 0.200. The largest absolute Gasteiger partial charge is 0.508 e. The Hall–Kier alpha value is -2.16. The maximum Gasteiger partial charge on any atom is 0.115 e. The lowest BCUT2D eigenvalue weighted by Gasteiger charge is -2.16. The predicted octanol–water partition coefficient (Wildman–Crippen LogP) is 4.33. The number of hydrogen-bond donors (Lipinski definition) is 1. The molecule has 3 nitrogen and oxygen atoms in total. The Kier molecular flexibility index (Phi) is 3.72. The monoisotopic (exact) mass is 241 g/mol. The van der Waals surface area contributed by atoms with Crippen LogP contribution in [-0.2, 0) is 0 Å². The summed E-state index contributed by atoms with van der Waals surface area (Å²) in [6.07, 6.45) is 0.957. The zero-order chi connectivity index (χ0) is 13.0. The molecule has 92 valence electrons. The van der Waals surface area contributed by atoms with E-state index in [2.05, 4.69) is 12.1 Å². The summed E-state index contributed by atoms with van der Waals surface area (Å²) in [6.45, 7) is 2.11. The summed E-state index contributed by atoms with van der Waals surface area (Å²) in [5.41, 5.74) is 2.75. The van der Waals surface area contributed by atoms with Gasteiger partial charge in [0, 0.05) is 5.92 Å². The first-order valence-electron chi connectivity index (χ1n) is 5.97. The molecule has 2 aromatic rings. The van der Waals surface area contributed by atoms with Crippen LogP contribution in [-0.4, -0.2) is 5.11 Å². The van der Waals surface area contributed by atoms with Gasteiger partial charge in [-0.3, -0.25) is 0 Å². The van der Waals surface area contributed by atoms with Crippen molar-refractivity contribution in [3.8, 4) is 5.75 Å². The molecule has 1 atom stereocenters. The third kappa shape index (κ3) is 2.56. The minimum absolute atomic E-state index is 0.270. The molecule has 0 aromatic heterocycles. The number of rotatable bonds is 4. The van der Waals surface area contributed by atoms with E-state index >= 15 is 0 Å². The Bertz CT molecular complexity index is 517. The van der Waals surface area contributed by atoms with Gasteiger partial charge in [-0.25, -0.2) is 0 Å². The lowest BCUT2D eigenvalue weighted by molar-refractivity contribution is 0.475. The van der Waals surface area contributed by atoms with Gasteiger partial charge in [0.2, 0.25) is 0 Å². The predicted molar refractivity (Wildman–Crippen MR) is 72.1 cm³/mol. The fourth-order valence-corrected chi connectivity index (χ4v) is 2.14. The summed E-state index contributed by atoms with van der Waals surface area (Å²) in [5.74, 6) is 0.542. The highest BCUT2D eigenvalue weighted by molar-refractivity contribution is 5.42. The number of nitroso groups, excluding NO2 is 1. The molecule has 0 radical (unpaired) electrons. The summed E-state index contributed by atoms with van der Waals surface area (Å²) >= 11 is 0. The van der Waals surface area contributed by atoms with Gasteiger partial charge < -0.3 is 5.11 Å². The molecule has 0 saturated heterocycles. The van der Waals surface area contributed by atoms with Gasteiger partial charge in [0.15, 0.2) is 0 Å². The summed E-state index contributed by atoms with van der Waals surface area (Å²) < 4.78 is 0. The topological polar surface area (TPSA) is 49.7 Å². The molecule has 2 rings (SSSR count). The molecule has 0 bridgehead atoms. The number of hydrogen-bond acceptors (Lipinski definition) is 3. The Morgan fingerprint density at radius 2 is 1.50 bits per heavy atom. The van der Waals surface area contributed by atoms with E-state index in [0.717, 1.165) is 17.5 Å². The van der Waals surface area contributed by atoms with Gasteiger partial charge in [0.05, 0.1) is 0 Å². The molecule has 0 aliphatic rings. The van der Waals surface area contributed by atoms with Crippen LogP contribution < -0.4 is 0 Å². The van der Waals surface area contributed by atoms with E-state index < -0.39 is 0 Å². The van der Waals surface area contributed by atoms with Crippen molar-refractivity contribution in [2.75, 3.05) is 0 Å². The Labute approximate surface area is 106 Å². The van der Waals surface area contributed by atoms with Crippen molar-refractivity contribution in [2.45, 2.75) is 19.3 Å². The van der Waals surface area contributed by atoms with E-state index in [-0.39, 0.29) is 11.7 Å². The second-order valence-corrected chi connectivity index (χ2v) is 4.24. The van der Waals surface area contributed by atoms with Gasteiger partial charge in [0.25, 0.3) is 0 Å². The first kappa shape index (κ1) is 12.3. The SMILES string of the molecule is CCC(c1ccc(O)cc1)c1ccc(N=O)cc1. The fourth-order valence-electron chi connectivity index (χ4n) is 2.14. The number of nitrogens with zero attached hydrogens (tertiary/aromatic N) is 1. The maximum absolute atomic E-state index is 10.4. The van der Waals surface area contributed by atoms with Crippen molar-refractivity contribution in [2.24, 2.45) is 5.18 Å². The summed E-state index contributed by atoms with van der Waals surface area (Å²) in [7, 11) is 0. The zero-order valence-electron chi connectivity index (χ0n) is 10.2. The van der Waals surface area contributed by atoms with E-state index in [1.165, 1.54) is 0 Å². The second kappa shape index (κ2) is 5.45. The molecular weight excluding hydrogens is 226 g/mol. The van der Waals surface area contributed by atoms with Gasteiger partial charge in [0.1, 0.15) is 11.4 Å². The molecule has 0 amide bonds. The smallest absolute Gasteiger partial charge is 0.115 e. The molecule has 1 unspecified atom stereocenters. The molecule has 0 aliphatic carbocycles. The normalized spacial score (nSPS) is 12.1. The van der Waals surface area contributed by atoms with Crippen molar-refractivity contribution in [3.05, 3.63) is 64.6 Å². The summed E-state index contributed by atoms with van der Waals surface area (Å²) in [4.78, 5) is 10.4. The summed E-state index contributed by atoms with van der Waals surface area (Å²) in [6, 6.07) is 14.6. The number of benzene rings is 2. The van der Waals surface area contributed by atoms with Crippen LogP contribution in [0.5, 0.6) is 5.75 Å². The molecule has 0 heterocycles.